The average molecular weight is 291 g/mol. The number of halogens is 1. The van der Waals surface area contributed by atoms with Crippen LogP contribution in [0.25, 0.3) is 0 Å². The predicted octanol–water partition coefficient (Wildman–Crippen LogP) is 1.96. The zero-order chi connectivity index (χ0) is 13.6. The molecule has 0 heterocycles. The first-order valence-corrected chi connectivity index (χ1v) is 7.84. The van der Waals surface area contributed by atoms with Gasteiger partial charge < -0.3 is 4.90 Å². The summed E-state index contributed by atoms with van der Waals surface area (Å²) in [6.45, 7) is 6.98. The Labute approximate surface area is 114 Å². The van der Waals surface area contributed by atoms with Crippen molar-refractivity contribution in [2.75, 3.05) is 26.2 Å². The lowest BCUT2D eigenvalue weighted by molar-refractivity contribution is 0.309. The second kappa shape index (κ2) is 7.09. The molecule has 18 heavy (non-hydrogen) atoms. The monoisotopic (exact) mass is 290 g/mol. The van der Waals surface area contributed by atoms with Crippen LogP contribution < -0.4 is 4.72 Å². The molecule has 6 heteroatoms. The summed E-state index contributed by atoms with van der Waals surface area (Å²) in [5.41, 5.74) is 0. The first-order chi connectivity index (χ1) is 8.51. The van der Waals surface area contributed by atoms with E-state index >= 15 is 0 Å². The van der Waals surface area contributed by atoms with Gasteiger partial charge >= 0.3 is 0 Å². The quantitative estimate of drug-likeness (QED) is 0.835. The Bertz CT molecular complexity index is 473. The average Bonchev–Trinajstić information content (AvgIpc) is 2.35. The number of hydrogen-bond donors (Lipinski definition) is 1. The van der Waals surface area contributed by atoms with Gasteiger partial charge in [0.25, 0.3) is 0 Å². The maximum atomic E-state index is 12.0. The molecular formula is C12H19ClN2O2S. The minimum atomic E-state index is -3.51. The summed E-state index contributed by atoms with van der Waals surface area (Å²) in [5.74, 6) is 0. The minimum absolute atomic E-state index is 0.131. The number of benzene rings is 1. The van der Waals surface area contributed by atoms with E-state index in [9.17, 15) is 8.42 Å². The fourth-order valence-electron chi connectivity index (χ4n) is 1.62. The summed E-state index contributed by atoms with van der Waals surface area (Å²) in [5, 5.41) is 0.243. The lowest BCUT2D eigenvalue weighted by atomic mass is 10.4. The number of likely N-dealkylation sites (N-methyl/N-ethyl adjacent to an activating group) is 1. The van der Waals surface area contributed by atoms with Gasteiger partial charge in [-0.15, -0.1) is 0 Å². The van der Waals surface area contributed by atoms with Crippen LogP contribution in [0.15, 0.2) is 29.2 Å². The van der Waals surface area contributed by atoms with Gasteiger partial charge in [-0.1, -0.05) is 37.6 Å². The van der Waals surface area contributed by atoms with Gasteiger partial charge in [0.15, 0.2) is 0 Å². The Balaban J connectivity index is 2.64. The third-order valence-corrected chi connectivity index (χ3v) is 4.70. The molecule has 0 aliphatic carbocycles. The molecule has 0 aliphatic rings. The van der Waals surface area contributed by atoms with Crippen LogP contribution in [0.1, 0.15) is 13.8 Å². The van der Waals surface area contributed by atoms with Crippen molar-refractivity contribution in [1.82, 2.24) is 9.62 Å². The fourth-order valence-corrected chi connectivity index (χ4v) is 3.16. The lowest BCUT2D eigenvalue weighted by Gasteiger charge is -2.18. The number of nitrogens with one attached hydrogen (secondary N) is 1. The summed E-state index contributed by atoms with van der Waals surface area (Å²) >= 11 is 5.88. The topological polar surface area (TPSA) is 49.4 Å². The maximum absolute atomic E-state index is 12.0. The van der Waals surface area contributed by atoms with Gasteiger partial charge in [0.1, 0.15) is 4.90 Å². The fraction of sp³-hybridized carbons (Fsp3) is 0.500. The molecule has 0 bridgehead atoms. The van der Waals surface area contributed by atoms with E-state index < -0.39 is 10.0 Å². The molecule has 4 nitrogen and oxygen atoms in total. The third-order valence-electron chi connectivity index (χ3n) is 2.74. The SMILES string of the molecule is CCN(CC)CCNS(=O)(=O)c1ccccc1Cl. The molecule has 0 unspecified atom stereocenters. The van der Waals surface area contributed by atoms with Gasteiger partial charge in [0.05, 0.1) is 5.02 Å². The highest BCUT2D eigenvalue weighted by Gasteiger charge is 2.16. The van der Waals surface area contributed by atoms with Crippen molar-refractivity contribution >= 4 is 21.6 Å². The maximum Gasteiger partial charge on any atom is 0.242 e. The van der Waals surface area contributed by atoms with Crippen molar-refractivity contribution in [3.8, 4) is 0 Å². The summed E-state index contributed by atoms with van der Waals surface area (Å²) in [4.78, 5) is 2.28. The highest BCUT2D eigenvalue weighted by molar-refractivity contribution is 7.89. The van der Waals surface area contributed by atoms with Gasteiger partial charge in [-0.25, -0.2) is 13.1 Å². The molecule has 1 rings (SSSR count). The van der Waals surface area contributed by atoms with Crippen LogP contribution in [0.4, 0.5) is 0 Å². The minimum Gasteiger partial charge on any atom is -0.303 e. The molecule has 0 atom stereocenters. The second-order valence-corrected chi connectivity index (χ2v) is 6.00. The van der Waals surface area contributed by atoms with Gasteiger partial charge in [0.2, 0.25) is 10.0 Å². The lowest BCUT2D eigenvalue weighted by Crippen LogP contribution is -2.34. The van der Waals surface area contributed by atoms with E-state index in [0.717, 1.165) is 13.1 Å². The van der Waals surface area contributed by atoms with Gasteiger partial charge in [-0.3, -0.25) is 0 Å². The molecule has 0 amide bonds. The molecular weight excluding hydrogens is 272 g/mol. The van der Waals surface area contributed by atoms with Gasteiger partial charge in [-0.2, -0.15) is 0 Å². The summed E-state index contributed by atoms with van der Waals surface area (Å²) < 4.78 is 26.6. The molecule has 0 aromatic heterocycles. The largest absolute Gasteiger partial charge is 0.303 e. The summed E-state index contributed by atoms with van der Waals surface area (Å²) in [6.07, 6.45) is 0. The van der Waals surface area contributed by atoms with E-state index in [2.05, 4.69) is 9.62 Å². The van der Waals surface area contributed by atoms with Crippen molar-refractivity contribution in [1.29, 1.82) is 0 Å². The molecule has 0 aliphatic heterocycles. The van der Waals surface area contributed by atoms with Crippen molar-refractivity contribution in [3.63, 3.8) is 0 Å². The van der Waals surface area contributed by atoms with E-state index in [1.54, 1.807) is 18.2 Å². The summed E-state index contributed by atoms with van der Waals surface area (Å²) in [7, 11) is -3.51. The Morgan fingerprint density at radius 1 is 1.22 bits per heavy atom. The van der Waals surface area contributed by atoms with E-state index in [0.29, 0.717) is 13.1 Å². The van der Waals surface area contributed by atoms with Crippen LogP contribution in [-0.4, -0.2) is 39.5 Å². The smallest absolute Gasteiger partial charge is 0.242 e. The van der Waals surface area contributed by atoms with E-state index in [-0.39, 0.29) is 9.92 Å². The van der Waals surface area contributed by atoms with Crippen molar-refractivity contribution in [3.05, 3.63) is 29.3 Å². The summed E-state index contributed by atoms with van der Waals surface area (Å²) in [6, 6.07) is 6.44. The standard InChI is InChI=1S/C12H19ClN2O2S/c1-3-15(4-2)10-9-14-18(16,17)12-8-6-5-7-11(12)13/h5-8,14H,3-4,9-10H2,1-2H3. The molecule has 1 aromatic rings. The Morgan fingerprint density at radius 3 is 2.39 bits per heavy atom. The molecule has 1 aromatic carbocycles. The number of nitrogens with zero attached hydrogens (tertiary/aromatic N) is 1. The van der Waals surface area contributed by atoms with E-state index in [1.165, 1.54) is 6.07 Å². The molecule has 0 fully saturated rings. The second-order valence-electron chi connectivity index (χ2n) is 3.86. The van der Waals surface area contributed by atoms with Crippen molar-refractivity contribution in [2.24, 2.45) is 0 Å². The van der Waals surface area contributed by atoms with Crippen molar-refractivity contribution < 1.29 is 8.42 Å². The first kappa shape index (κ1) is 15.4. The predicted molar refractivity (Wildman–Crippen MR) is 74.4 cm³/mol. The number of rotatable bonds is 7. The van der Waals surface area contributed by atoms with Crippen LogP contribution in [0.3, 0.4) is 0 Å². The molecule has 1 N–H and O–H groups in total. The third kappa shape index (κ3) is 4.24. The molecule has 0 saturated carbocycles. The highest BCUT2D eigenvalue weighted by Crippen LogP contribution is 2.19. The zero-order valence-electron chi connectivity index (χ0n) is 10.7. The van der Waals surface area contributed by atoms with Gasteiger partial charge in [-0.05, 0) is 25.2 Å². The van der Waals surface area contributed by atoms with Crippen LogP contribution in [-0.2, 0) is 10.0 Å². The highest BCUT2D eigenvalue weighted by atomic mass is 35.5. The molecule has 0 saturated heterocycles. The number of hydrogen-bond acceptors (Lipinski definition) is 3. The first-order valence-electron chi connectivity index (χ1n) is 5.97. The van der Waals surface area contributed by atoms with Crippen molar-refractivity contribution in [2.45, 2.75) is 18.7 Å². The Hall–Kier alpha value is -0.620. The molecule has 0 radical (unpaired) electrons. The van der Waals surface area contributed by atoms with Crippen LogP contribution in [0.5, 0.6) is 0 Å². The normalized spacial score (nSPS) is 12.0. The Morgan fingerprint density at radius 2 is 1.83 bits per heavy atom. The van der Waals surface area contributed by atoms with E-state index in [4.69, 9.17) is 11.6 Å². The molecule has 102 valence electrons. The molecule has 0 spiro atoms. The zero-order valence-corrected chi connectivity index (χ0v) is 12.3. The van der Waals surface area contributed by atoms with E-state index in [1.807, 2.05) is 13.8 Å². The van der Waals surface area contributed by atoms with Crippen LogP contribution >= 0.6 is 11.6 Å². The number of sulfonamides is 1. The van der Waals surface area contributed by atoms with Gasteiger partial charge in [0, 0.05) is 13.1 Å². The Kier molecular flexibility index (Phi) is 6.08. The van der Waals surface area contributed by atoms with Crippen LogP contribution in [0, 0.1) is 0 Å². The van der Waals surface area contributed by atoms with Crippen LogP contribution in [0.2, 0.25) is 5.02 Å².